The highest BCUT2D eigenvalue weighted by molar-refractivity contribution is 7.11. The normalized spacial score (nSPS) is 19.1. The zero-order valence-electron chi connectivity index (χ0n) is 11.5. The number of aryl methyl sites for hydroxylation is 1. The second kappa shape index (κ2) is 6.61. The lowest BCUT2D eigenvalue weighted by Gasteiger charge is -2.32. The van der Waals surface area contributed by atoms with Crippen molar-refractivity contribution >= 4 is 11.3 Å². The van der Waals surface area contributed by atoms with Crippen LogP contribution in [-0.2, 0) is 11.2 Å². The Morgan fingerprint density at radius 2 is 2.17 bits per heavy atom. The highest BCUT2D eigenvalue weighted by Gasteiger charge is 2.22. The van der Waals surface area contributed by atoms with Gasteiger partial charge in [0, 0.05) is 50.6 Å². The summed E-state index contributed by atoms with van der Waals surface area (Å²) in [4.78, 5) is 8.62. The van der Waals surface area contributed by atoms with Gasteiger partial charge in [-0.15, -0.1) is 11.3 Å². The fraction of sp³-hybridized carbons (Fsp3) is 0.769. The molecule has 2 heterocycles. The van der Waals surface area contributed by atoms with Gasteiger partial charge in [-0.3, -0.25) is 4.90 Å². The van der Waals surface area contributed by atoms with Gasteiger partial charge in [0.25, 0.3) is 0 Å². The van der Waals surface area contributed by atoms with E-state index in [9.17, 15) is 0 Å². The van der Waals surface area contributed by atoms with Crippen molar-refractivity contribution < 1.29 is 4.74 Å². The summed E-state index contributed by atoms with van der Waals surface area (Å²) in [5.41, 5.74) is 1.19. The first-order valence-electron chi connectivity index (χ1n) is 6.62. The monoisotopic (exact) mass is 269 g/mol. The van der Waals surface area contributed by atoms with E-state index in [1.807, 2.05) is 11.3 Å². The molecule has 1 aromatic heterocycles. The van der Waals surface area contributed by atoms with Gasteiger partial charge in [-0.1, -0.05) is 0 Å². The first kappa shape index (κ1) is 13.9. The van der Waals surface area contributed by atoms with Crippen LogP contribution in [0.25, 0.3) is 0 Å². The van der Waals surface area contributed by atoms with Crippen molar-refractivity contribution in [2.45, 2.75) is 26.3 Å². The molecule has 2 rings (SSSR count). The highest BCUT2D eigenvalue weighted by Crippen LogP contribution is 2.29. The van der Waals surface area contributed by atoms with Gasteiger partial charge in [0.15, 0.2) is 0 Å². The molecular weight excluding hydrogens is 246 g/mol. The van der Waals surface area contributed by atoms with Crippen LogP contribution in [0.15, 0.2) is 0 Å². The predicted octanol–water partition coefficient (Wildman–Crippen LogP) is 1.61. The van der Waals surface area contributed by atoms with Crippen molar-refractivity contribution in [1.29, 1.82) is 0 Å². The minimum Gasteiger partial charge on any atom is -0.384 e. The molecule has 1 unspecified atom stereocenters. The van der Waals surface area contributed by atoms with Crippen LogP contribution >= 0.6 is 11.3 Å². The van der Waals surface area contributed by atoms with Crippen LogP contribution in [0.3, 0.4) is 0 Å². The topological polar surface area (TPSA) is 37.4 Å². The average Bonchev–Trinajstić information content (AvgIpc) is 2.78. The molecule has 1 fully saturated rings. The summed E-state index contributed by atoms with van der Waals surface area (Å²) in [5, 5.41) is 4.60. The van der Waals surface area contributed by atoms with Gasteiger partial charge in [-0.2, -0.15) is 0 Å². The number of aromatic nitrogens is 1. The third-order valence-electron chi connectivity index (χ3n) is 3.48. The van der Waals surface area contributed by atoms with E-state index in [0.29, 0.717) is 6.04 Å². The molecule has 5 heteroatoms. The maximum Gasteiger partial charge on any atom is 0.0954 e. The summed E-state index contributed by atoms with van der Waals surface area (Å²) in [6, 6.07) is 0.487. The second-order valence-electron chi connectivity index (χ2n) is 4.76. The van der Waals surface area contributed by atoms with Gasteiger partial charge in [0.2, 0.25) is 0 Å². The molecule has 1 aliphatic heterocycles. The molecule has 0 aromatic carbocycles. The Morgan fingerprint density at radius 1 is 1.44 bits per heavy atom. The lowest BCUT2D eigenvalue weighted by Crippen LogP contribution is -2.44. The number of piperazine rings is 1. The predicted molar refractivity (Wildman–Crippen MR) is 75.3 cm³/mol. The summed E-state index contributed by atoms with van der Waals surface area (Å²) < 4.78 is 5.12. The van der Waals surface area contributed by atoms with E-state index >= 15 is 0 Å². The molecule has 0 amide bonds. The SMILES string of the molecule is COCCc1nc(C)c(C(C)N2CCNCC2)s1. The van der Waals surface area contributed by atoms with Crippen molar-refractivity contribution in [3.63, 3.8) is 0 Å². The molecular formula is C13H23N3OS. The first-order valence-corrected chi connectivity index (χ1v) is 7.44. The van der Waals surface area contributed by atoms with E-state index in [1.54, 1.807) is 7.11 Å². The number of hydrogen-bond acceptors (Lipinski definition) is 5. The van der Waals surface area contributed by atoms with Crippen LogP contribution in [0.2, 0.25) is 0 Å². The molecule has 0 radical (unpaired) electrons. The molecule has 1 saturated heterocycles. The zero-order valence-corrected chi connectivity index (χ0v) is 12.3. The molecule has 1 N–H and O–H groups in total. The molecule has 1 aliphatic rings. The fourth-order valence-corrected chi connectivity index (χ4v) is 3.52. The van der Waals surface area contributed by atoms with Gasteiger partial charge in [0.1, 0.15) is 0 Å². The quantitative estimate of drug-likeness (QED) is 0.881. The summed E-state index contributed by atoms with van der Waals surface area (Å²) in [7, 11) is 1.74. The average molecular weight is 269 g/mol. The van der Waals surface area contributed by atoms with Crippen molar-refractivity contribution in [2.75, 3.05) is 39.9 Å². The Bertz CT molecular complexity index is 374. The van der Waals surface area contributed by atoms with Gasteiger partial charge >= 0.3 is 0 Å². The molecule has 18 heavy (non-hydrogen) atoms. The van der Waals surface area contributed by atoms with Gasteiger partial charge in [0.05, 0.1) is 17.3 Å². The maximum atomic E-state index is 5.12. The van der Waals surface area contributed by atoms with Crippen molar-refractivity contribution in [3.05, 3.63) is 15.6 Å². The summed E-state index contributed by atoms with van der Waals surface area (Å²) in [6.07, 6.45) is 0.927. The summed E-state index contributed by atoms with van der Waals surface area (Å²) >= 11 is 1.85. The fourth-order valence-electron chi connectivity index (χ4n) is 2.38. The summed E-state index contributed by atoms with van der Waals surface area (Å²) in [6.45, 7) is 9.64. The molecule has 1 atom stereocenters. The van der Waals surface area contributed by atoms with Crippen molar-refractivity contribution in [2.24, 2.45) is 0 Å². The van der Waals surface area contributed by atoms with Crippen LogP contribution in [-0.4, -0.2) is 49.8 Å². The van der Waals surface area contributed by atoms with Crippen molar-refractivity contribution in [1.82, 2.24) is 15.2 Å². The summed E-state index contributed by atoms with van der Waals surface area (Å²) in [5.74, 6) is 0. The van der Waals surface area contributed by atoms with E-state index in [1.165, 1.54) is 15.6 Å². The van der Waals surface area contributed by atoms with Crippen LogP contribution < -0.4 is 5.32 Å². The Balaban J connectivity index is 2.04. The molecule has 0 saturated carbocycles. The third-order valence-corrected chi connectivity index (χ3v) is 4.86. The van der Waals surface area contributed by atoms with Crippen LogP contribution in [0.5, 0.6) is 0 Å². The first-order chi connectivity index (χ1) is 8.72. The minimum absolute atomic E-state index is 0.487. The third kappa shape index (κ3) is 3.29. The number of thiazole rings is 1. The number of nitrogens with zero attached hydrogens (tertiary/aromatic N) is 2. The standard InChI is InChI=1S/C13H23N3OS/c1-10-13(18-12(15-10)4-9-17-3)11(2)16-7-5-14-6-8-16/h11,14H,4-9H2,1-3H3. The molecule has 0 aliphatic carbocycles. The number of ether oxygens (including phenoxy) is 1. The van der Waals surface area contributed by atoms with E-state index in [4.69, 9.17) is 4.74 Å². The van der Waals surface area contributed by atoms with Crippen LogP contribution in [0, 0.1) is 6.92 Å². The zero-order chi connectivity index (χ0) is 13.0. The lowest BCUT2D eigenvalue weighted by molar-refractivity contribution is 0.187. The minimum atomic E-state index is 0.487. The van der Waals surface area contributed by atoms with E-state index < -0.39 is 0 Å². The van der Waals surface area contributed by atoms with Crippen LogP contribution in [0.4, 0.5) is 0 Å². The number of hydrogen-bond donors (Lipinski definition) is 1. The van der Waals surface area contributed by atoms with E-state index in [0.717, 1.165) is 39.2 Å². The second-order valence-corrected chi connectivity index (χ2v) is 5.88. The molecule has 102 valence electrons. The van der Waals surface area contributed by atoms with E-state index in [-0.39, 0.29) is 0 Å². The molecule has 1 aromatic rings. The number of nitrogens with one attached hydrogen (secondary N) is 1. The van der Waals surface area contributed by atoms with Gasteiger partial charge < -0.3 is 10.1 Å². The van der Waals surface area contributed by atoms with E-state index in [2.05, 4.69) is 29.0 Å². The Labute approximate surface area is 113 Å². The molecule has 0 spiro atoms. The van der Waals surface area contributed by atoms with Gasteiger partial charge in [-0.25, -0.2) is 4.98 Å². The molecule has 4 nitrogen and oxygen atoms in total. The Morgan fingerprint density at radius 3 is 2.83 bits per heavy atom. The highest BCUT2D eigenvalue weighted by atomic mass is 32.1. The largest absolute Gasteiger partial charge is 0.384 e. The Kier molecular flexibility index (Phi) is 5.12. The molecule has 0 bridgehead atoms. The van der Waals surface area contributed by atoms with Crippen LogP contribution in [0.1, 0.15) is 28.5 Å². The lowest BCUT2D eigenvalue weighted by atomic mass is 10.2. The maximum absolute atomic E-state index is 5.12. The van der Waals surface area contributed by atoms with Gasteiger partial charge in [-0.05, 0) is 13.8 Å². The van der Waals surface area contributed by atoms with Crippen molar-refractivity contribution in [3.8, 4) is 0 Å². The Hall–Kier alpha value is -0.490. The number of methoxy groups -OCH3 is 1. The number of rotatable bonds is 5. The smallest absolute Gasteiger partial charge is 0.0954 e.